The van der Waals surface area contributed by atoms with Gasteiger partial charge in [0.25, 0.3) is 5.91 Å². The lowest BCUT2D eigenvalue weighted by Crippen LogP contribution is -2.87. The van der Waals surface area contributed by atoms with E-state index in [0.717, 1.165) is 23.3 Å². The van der Waals surface area contributed by atoms with Crippen LogP contribution in [0, 0.1) is 0 Å². The average molecular weight is 382 g/mol. The maximum atomic E-state index is 12.0. The van der Waals surface area contributed by atoms with E-state index in [-0.39, 0.29) is 11.9 Å². The molecule has 1 atom stereocenters. The SMILES string of the molecule is COc1ccc(CCNC(=O)C[NH2+][C@@H](C)c2ccc(Cl)cc2Cl)cc1. The minimum absolute atomic E-state index is 0.00504. The number of nitrogens with one attached hydrogen (secondary N) is 1. The quantitative estimate of drug-likeness (QED) is 0.738. The van der Waals surface area contributed by atoms with Crippen LogP contribution in [0.3, 0.4) is 0 Å². The van der Waals surface area contributed by atoms with Crippen molar-refractivity contribution in [3.05, 3.63) is 63.6 Å². The van der Waals surface area contributed by atoms with Gasteiger partial charge in [0, 0.05) is 17.1 Å². The molecule has 1 amide bonds. The lowest BCUT2D eigenvalue weighted by atomic mass is 10.1. The zero-order chi connectivity index (χ0) is 18.2. The van der Waals surface area contributed by atoms with Crippen molar-refractivity contribution >= 4 is 29.1 Å². The number of benzene rings is 2. The van der Waals surface area contributed by atoms with E-state index < -0.39 is 0 Å². The highest BCUT2D eigenvalue weighted by molar-refractivity contribution is 6.35. The smallest absolute Gasteiger partial charge is 0.275 e. The lowest BCUT2D eigenvalue weighted by Gasteiger charge is -2.13. The predicted molar refractivity (Wildman–Crippen MR) is 101 cm³/mol. The summed E-state index contributed by atoms with van der Waals surface area (Å²) in [5.74, 6) is 0.836. The van der Waals surface area contributed by atoms with Gasteiger partial charge in [-0.05, 0) is 43.2 Å². The second-order valence-electron chi connectivity index (χ2n) is 5.84. The fourth-order valence-electron chi connectivity index (χ4n) is 2.49. The highest BCUT2D eigenvalue weighted by Crippen LogP contribution is 2.24. The molecule has 2 aromatic carbocycles. The Morgan fingerprint density at radius 1 is 1.20 bits per heavy atom. The van der Waals surface area contributed by atoms with Gasteiger partial charge >= 0.3 is 0 Å². The van der Waals surface area contributed by atoms with Gasteiger partial charge in [-0.2, -0.15) is 0 Å². The Bertz CT molecular complexity index is 705. The highest BCUT2D eigenvalue weighted by Gasteiger charge is 2.14. The Morgan fingerprint density at radius 3 is 2.56 bits per heavy atom. The van der Waals surface area contributed by atoms with Gasteiger partial charge in [0.15, 0.2) is 6.54 Å². The van der Waals surface area contributed by atoms with Crippen molar-refractivity contribution in [3.8, 4) is 5.75 Å². The number of hydrogen-bond donors (Lipinski definition) is 2. The van der Waals surface area contributed by atoms with Crippen LogP contribution in [0.4, 0.5) is 0 Å². The predicted octanol–water partition coefficient (Wildman–Crippen LogP) is 2.99. The number of carbonyl (C=O) groups is 1. The first kappa shape index (κ1) is 19.6. The molecule has 2 aromatic rings. The van der Waals surface area contributed by atoms with E-state index in [9.17, 15) is 4.79 Å². The Morgan fingerprint density at radius 2 is 1.92 bits per heavy atom. The zero-order valence-corrected chi connectivity index (χ0v) is 15.9. The molecule has 0 aliphatic rings. The minimum Gasteiger partial charge on any atom is -0.497 e. The van der Waals surface area contributed by atoms with Crippen LogP contribution in [0.1, 0.15) is 24.1 Å². The number of hydrogen-bond acceptors (Lipinski definition) is 2. The molecule has 0 aromatic heterocycles. The summed E-state index contributed by atoms with van der Waals surface area (Å²) >= 11 is 12.1. The van der Waals surface area contributed by atoms with Crippen LogP contribution in [0.2, 0.25) is 10.0 Å². The van der Waals surface area contributed by atoms with E-state index >= 15 is 0 Å². The van der Waals surface area contributed by atoms with Gasteiger partial charge in [-0.1, -0.05) is 41.4 Å². The number of carbonyl (C=O) groups excluding carboxylic acids is 1. The standard InChI is InChI=1S/C19H22Cl2N2O2/c1-13(17-8-5-15(20)11-18(17)21)23-12-19(24)22-10-9-14-3-6-16(25-2)7-4-14/h3-8,11,13,23H,9-10,12H2,1-2H3,(H,22,24)/p+1/t13-/m0/s1. The second-order valence-corrected chi connectivity index (χ2v) is 6.69. The molecule has 0 bridgehead atoms. The van der Waals surface area contributed by atoms with Crippen LogP contribution in [0.15, 0.2) is 42.5 Å². The lowest BCUT2D eigenvalue weighted by molar-refractivity contribution is -0.682. The van der Waals surface area contributed by atoms with Crippen LogP contribution in [0.5, 0.6) is 5.75 Å². The summed E-state index contributed by atoms with van der Waals surface area (Å²) < 4.78 is 5.13. The van der Waals surface area contributed by atoms with Crippen molar-refractivity contribution < 1.29 is 14.8 Å². The molecule has 2 rings (SSSR count). The van der Waals surface area contributed by atoms with Gasteiger partial charge in [0.05, 0.1) is 12.1 Å². The number of quaternary nitrogens is 1. The number of ether oxygens (including phenoxy) is 1. The summed E-state index contributed by atoms with van der Waals surface area (Å²) in [4.78, 5) is 12.0. The number of nitrogens with two attached hydrogens (primary N) is 1. The molecule has 0 fully saturated rings. The van der Waals surface area contributed by atoms with E-state index in [0.29, 0.717) is 23.1 Å². The molecule has 0 aliphatic heterocycles. The summed E-state index contributed by atoms with van der Waals surface area (Å²) in [6.45, 7) is 2.97. The van der Waals surface area contributed by atoms with E-state index in [1.54, 1.807) is 13.2 Å². The van der Waals surface area contributed by atoms with Crippen molar-refractivity contribution in [2.45, 2.75) is 19.4 Å². The molecule has 0 saturated heterocycles. The molecule has 3 N–H and O–H groups in total. The largest absolute Gasteiger partial charge is 0.497 e. The Hall–Kier alpha value is -1.75. The first-order valence-electron chi connectivity index (χ1n) is 8.17. The third-order valence-corrected chi connectivity index (χ3v) is 4.57. The normalized spacial score (nSPS) is 11.8. The maximum absolute atomic E-state index is 12.0. The first-order chi connectivity index (χ1) is 12.0. The molecule has 25 heavy (non-hydrogen) atoms. The van der Waals surface area contributed by atoms with E-state index in [1.165, 1.54) is 0 Å². The second kappa shape index (κ2) is 9.66. The third kappa shape index (κ3) is 6.24. The molecule has 0 heterocycles. The molecule has 4 nitrogen and oxygen atoms in total. The van der Waals surface area contributed by atoms with Gasteiger partial charge in [-0.3, -0.25) is 4.79 Å². The fraction of sp³-hybridized carbons (Fsp3) is 0.316. The molecule has 0 radical (unpaired) electrons. The van der Waals surface area contributed by atoms with Gasteiger partial charge in [-0.25, -0.2) is 0 Å². The summed E-state index contributed by atoms with van der Waals surface area (Å²) in [5, 5.41) is 6.12. The van der Waals surface area contributed by atoms with E-state index in [1.807, 2.05) is 48.6 Å². The Kier molecular flexibility index (Phi) is 7.56. The van der Waals surface area contributed by atoms with Crippen LogP contribution in [0.25, 0.3) is 0 Å². The van der Waals surface area contributed by atoms with Crippen LogP contribution < -0.4 is 15.4 Å². The molecule has 0 spiro atoms. The number of rotatable bonds is 8. The van der Waals surface area contributed by atoms with Gasteiger partial charge in [-0.15, -0.1) is 0 Å². The Labute approximate surface area is 158 Å². The Balaban J connectivity index is 1.72. The number of amides is 1. The van der Waals surface area contributed by atoms with Crippen LogP contribution in [-0.2, 0) is 11.2 Å². The molecular formula is C19H23Cl2N2O2+. The monoisotopic (exact) mass is 381 g/mol. The summed E-state index contributed by atoms with van der Waals surface area (Å²) in [6, 6.07) is 13.3. The van der Waals surface area contributed by atoms with Crippen LogP contribution in [-0.4, -0.2) is 26.1 Å². The maximum Gasteiger partial charge on any atom is 0.275 e. The highest BCUT2D eigenvalue weighted by atomic mass is 35.5. The minimum atomic E-state index is 0.00504. The van der Waals surface area contributed by atoms with E-state index in [2.05, 4.69) is 5.32 Å². The van der Waals surface area contributed by atoms with Crippen molar-refractivity contribution in [3.63, 3.8) is 0 Å². The topological polar surface area (TPSA) is 54.9 Å². The van der Waals surface area contributed by atoms with Gasteiger partial charge in [0.1, 0.15) is 11.8 Å². The third-order valence-electron chi connectivity index (χ3n) is 4.00. The zero-order valence-electron chi connectivity index (χ0n) is 14.4. The molecule has 134 valence electrons. The van der Waals surface area contributed by atoms with Crippen molar-refractivity contribution in [1.82, 2.24) is 5.32 Å². The summed E-state index contributed by atoms with van der Waals surface area (Å²) in [7, 11) is 1.64. The van der Waals surface area contributed by atoms with Crippen molar-refractivity contribution in [1.29, 1.82) is 0 Å². The average Bonchev–Trinajstić information content (AvgIpc) is 2.60. The number of halogens is 2. The molecule has 0 unspecified atom stereocenters. The number of methoxy groups -OCH3 is 1. The van der Waals surface area contributed by atoms with Crippen molar-refractivity contribution in [2.75, 3.05) is 20.2 Å². The molecule has 6 heteroatoms. The van der Waals surface area contributed by atoms with Crippen molar-refractivity contribution in [2.24, 2.45) is 0 Å². The fourth-order valence-corrected chi connectivity index (χ4v) is 3.07. The first-order valence-corrected chi connectivity index (χ1v) is 8.93. The molecule has 0 aliphatic carbocycles. The van der Waals surface area contributed by atoms with Crippen LogP contribution >= 0.6 is 23.2 Å². The van der Waals surface area contributed by atoms with Gasteiger partial charge < -0.3 is 15.4 Å². The molecular weight excluding hydrogens is 359 g/mol. The van der Waals surface area contributed by atoms with Gasteiger partial charge in [0.2, 0.25) is 0 Å². The summed E-state index contributed by atoms with van der Waals surface area (Å²) in [5.41, 5.74) is 2.13. The summed E-state index contributed by atoms with van der Waals surface area (Å²) in [6.07, 6.45) is 0.786. The molecule has 0 saturated carbocycles. The van der Waals surface area contributed by atoms with E-state index in [4.69, 9.17) is 27.9 Å².